The molecular weight excluding hydrogens is 258 g/mol. The molecule has 0 fully saturated rings. The summed E-state index contributed by atoms with van der Waals surface area (Å²) < 4.78 is 5.15. The quantitative estimate of drug-likeness (QED) is 0.807. The summed E-state index contributed by atoms with van der Waals surface area (Å²) in [6, 6.07) is 5.15. The number of anilines is 1. The van der Waals surface area contributed by atoms with Crippen molar-refractivity contribution in [3.05, 3.63) is 23.2 Å². The fourth-order valence-corrected chi connectivity index (χ4v) is 1.97. The number of carbonyl (C=O) groups is 1. The zero-order valence-electron chi connectivity index (χ0n) is 9.96. The van der Waals surface area contributed by atoms with Crippen LogP contribution >= 0.6 is 23.4 Å². The van der Waals surface area contributed by atoms with Gasteiger partial charge in [0.1, 0.15) is 5.75 Å². The maximum atomic E-state index is 11.6. The third-order valence-electron chi connectivity index (χ3n) is 2.19. The lowest BCUT2D eigenvalue weighted by atomic mass is 10.2. The van der Waals surface area contributed by atoms with E-state index in [1.54, 1.807) is 37.1 Å². The van der Waals surface area contributed by atoms with Crippen molar-refractivity contribution in [3.63, 3.8) is 0 Å². The van der Waals surface area contributed by atoms with Crippen LogP contribution in [0.4, 0.5) is 5.69 Å². The summed E-state index contributed by atoms with van der Waals surface area (Å²) in [5.74, 6) is 1.59. The number of methoxy groups -OCH3 is 1. The molecule has 0 aliphatic rings. The van der Waals surface area contributed by atoms with Crippen LogP contribution in [0.15, 0.2) is 18.2 Å². The van der Waals surface area contributed by atoms with Crippen LogP contribution in [0, 0.1) is 0 Å². The minimum Gasteiger partial charge on any atom is -0.495 e. The van der Waals surface area contributed by atoms with Crippen molar-refractivity contribution in [1.82, 2.24) is 0 Å². The average Bonchev–Trinajstić information content (AvgIpc) is 2.29. The summed E-state index contributed by atoms with van der Waals surface area (Å²) in [6.45, 7) is 0. The molecule has 1 aromatic rings. The Morgan fingerprint density at radius 2 is 2.29 bits per heavy atom. The van der Waals surface area contributed by atoms with Crippen LogP contribution in [0.5, 0.6) is 5.75 Å². The molecule has 1 N–H and O–H groups in total. The fourth-order valence-electron chi connectivity index (χ4n) is 1.37. The van der Waals surface area contributed by atoms with Crippen molar-refractivity contribution in [2.24, 2.45) is 0 Å². The molecule has 0 heterocycles. The monoisotopic (exact) mass is 273 g/mol. The molecule has 0 spiro atoms. The van der Waals surface area contributed by atoms with Crippen molar-refractivity contribution >= 4 is 35.0 Å². The molecule has 0 aliphatic heterocycles. The summed E-state index contributed by atoms with van der Waals surface area (Å²) in [4.78, 5) is 11.6. The minimum absolute atomic E-state index is 0.0142. The van der Waals surface area contributed by atoms with Gasteiger partial charge in [-0.15, -0.1) is 0 Å². The molecule has 0 aliphatic carbocycles. The van der Waals surface area contributed by atoms with Crippen LogP contribution in [0.3, 0.4) is 0 Å². The molecular formula is C12H16ClNO2S. The zero-order chi connectivity index (χ0) is 12.7. The van der Waals surface area contributed by atoms with Crippen LogP contribution in [-0.4, -0.2) is 25.0 Å². The first kappa shape index (κ1) is 14.2. The highest BCUT2D eigenvalue weighted by atomic mass is 35.5. The number of halogens is 1. The second kappa shape index (κ2) is 7.45. The van der Waals surface area contributed by atoms with Crippen LogP contribution in [0.2, 0.25) is 5.02 Å². The van der Waals surface area contributed by atoms with E-state index >= 15 is 0 Å². The Morgan fingerprint density at radius 1 is 1.53 bits per heavy atom. The summed E-state index contributed by atoms with van der Waals surface area (Å²) in [5.41, 5.74) is 0.620. The highest BCUT2D eigenvalue weighted by molar-refractivity contribution is 7.98. The van der Waals surface area contributed by atoms with E-state index in [1.807, 2.05) is 6.26 Å². The first-order valence-corrected chi connectivity index (χ1v) is 7.07. The van der Waals surface area contributed by atoms with E-state index in [0.29, 0.717) is 22.9 Å². The number of rotatable bonds is 6. The van der Waals surface area contributed by atoms with Gasteiger partial charge in [0.15, 0.2) is 0 Å². The predicted molar refractivity (Wildman–Crippen MR) is 74.2 cm³/mol. The summed E-state index contributed by atoms with van der Waals surface area (Å²) in [5, 5.41) is 3.38. The number of thioether (sulfide) groups is 1. The predicted octanol–water partition coefficient (Wildman–Crippen LogP) is 3.43. The largest absolute Gasteiger partial charge is 0.495 e. The number of carbonyl (C=O) groups excluding carboxylic acids is 1. The SMILES string of the molecule is COc1ccc(Cl)cc1NC(=O)CCCSC. The molecule has 5 heteroatoms. The second-order valence-corrected chi connectivity index (χ2v) is 4.91. The summed E-state index contributed by atoms with van der Waals surface area (Å²) in [6.07, 6.45) is 3.41. The molecule has 94 valence electrons. The van der Waals surface area contributed by atoms with Gasteiger partial charge in [0.05, 0.1) is 12.8 Å². The van der Waals surface area contributed by atoms with E-state index < -0.39 is 0 Å². The second-order valence-electron chi connectivity index (χ2n) is 3.49. The van der Waals surface area contributed by atoms with E-state index in [1.165, 1.54) is 0 Å². The first-order chi connectivity index (χ1) is 8.17. The Hall–Kier alpha value is -0.870. The minimum atomic E-state index is -0.0142. The lowest BCUT2D eigenvalue weighted by molar-refractivity contribution is -0.116. The number of amides is 1. The Balaban J connectivity index is 2.60. The molecule has 1 rings (SSSR count). The van der Waals surface area contributed by atoms with E-state index in [0.717, 1.165) is 12.2 Å². The van der Waals surface area contributed by atoms with Crippen LogP contribution in [-0.2, 0) is 4.79 Å². The molecule has 17 heavy (non-hydrogen) atoms. The fraction of sp³-hybridized carbons (Fsp3) is 0.417. The van der Waals surface area contributed by atoms with Crippen LogP contribution in [0.1, 0.15) is 12.8 Å². The van der Waals surface area contributed by atoms with Crippen molar-refractivity contribution < 1.29 is 9.53 Å². The molecule has 0 unspecified atom stereocenters. The third-order valence-corrected chi connectivity index (χ3v) is 3.12. The maximum Gasteiger partial charge on any atom is 0.224 e. The Labute approximate surface area is 111 Å². The van der Waals surface area contributed by atoms with Crippen LogP contribution in [0.25, 0.3) is 0 Å². The van der Waals surface area contributed by atoms with Gasteiger partial charge in [0, 0.05) is 11.4 Å². The van der Waals surface area contributed by atoms with Crippen molar-refractivity contribution in [3.8, 4) is 5.75 Å². The molecule has 1 amide bonds. The van der Waals surface area contributed by atoms with Gasteiger partial charge in [0.25, 0.3) is 0 Å². The topological polar surface area (TPSA) is 38.3 Å². The third kappa shape index (κ3) is 4.88. The summed E-state index contributed by atoms with van der Waals surface area (Å²) in [7, 11) is 1.56. The number of benzene rings is 1. The maximum absolute atomic E-state index is 11.6. The van der Waals surface area contributed by atoms with Gasteiger partial charge in [-0.05, 0) is 36.6 Å². The van der Waals surface area contributed by atoms with Gasteiger partial charge < -0.3 is 10.1 Å². The highest BCUT2D eigenvalue weighted by Crippen LogP contribution is 2.27. The first-order valence-electron chi connectivity index (χ1n) is 5.29. The molecule has 0 aromatic heterocycles. The van der Waals surface area contributed by atoms with E-state index in [4.69, 9.17) is 16.3 Å². The molecule has 1 aromatic carbocycles. The van der Waals surface area contributed by atoms with Gasteiger partial charge in [0.2, 0.25) is 5.91 Å². The van der Waals surface area contributed by atoms with Crippen LogP contribution < -0.4 is 10.1 Å². The van der Waals surface area contributed by atoms with Gasteiger partial charge >= 0.3 is 0 Å². The number of hydrogen-bond donors (Lipinski definition) is 1. The molecule has 0 saturated heterocycles. The van der Waals surface area contributed by atoms with E-state index in [2.05, 4.69) is 5.32 Å². The van der Waals surface area contributed by atoms with E-state index in [-0.39, 0.29) is 5.91 Å². The highest BCUT2D eigenvalue weighted by Gasteiger charge is 2.07. The van der Waals surface area contributed by atoms with Crippen molar-refractivity contribution in [2.75, 3.05) is 24.4 Å². The van der Waals surface area contributed by atoms with Gasteiger partial charge in [-0.2, -0.15) is 11.8 Å². The van der Waals surface area contributed by atoms with Crippen molar-refractivity contribution in [2.45, 2.75) is 12.8 Å². The smallest absolute Gasteiger partial charge is 0.224 e. The lowest BCUT2D eigenvalue weighted by Crippen LogP contribution is -2.12. The number of hydrogen-bond acceptors (Lipinski definition) is 3. The molecule has 0 saturated carbocycles. The standard InChI is InChI=1S/C12H16ClNO2S/c1-16-11-6-5-9(13)8-10(11)14-12(15)4-3-7-17-2/h5-6,8H,3-4,7H2,1-2H3,(H,14,15). The molecule has 0 atom stereocenters. The lowest BCUT2D eigenvalue weighted by Gasteiger charge is -2.10. The van der Waals surface area contributed by atoms with Crippen molar-refractivity contribution in [1.29, 1.82) is 0 Å². The Kier molecular flexibility index (Phi) is 6.22. The normalized spacial score (nSPS) is 10.1. The Bertz CT molecular complexity index is 385. The number of ether oxygens (including phenoxy) is 1. The van der Waals surface area contributed by atoms with Gasteiger partial charge in [-0.3, -0.25) is 4.79 Å². The summed E-state index contributed by atoms with van der Waals surface area (Å²) >= 11 is 7.61. The number of nitrogens with one attached hydrogen (secondary N) is 1. The average molecular weight is 274 g/mol. The van der Waals surface area contributed by atoms with Gasteiger partial charge in [-0.1, -0.05) is 11.6 Å². The molecule has 0 radical (unpaired) electrons. The molecule has 0 bridgehead atoms. The zero-order valence-corrected chi connectivity index (χ0v) is 11.5. The Morgan fingerprint density at radius 3 is 2.94 bits per heavy atom. The van der Waals surface area contributed by atoms with Gasteiger partial charge in [-0.25, -0.2) is 0 Å². The molecule has 3 nitrogen and oxygen atoms in total. The van der Waals surface area contributed by atoms with E-state index in [9.17, 15) is 4.79 Å².